The molecule has 0 aliphatic heterocycles. The molecule has 2 aromatic rings. The summed E-state index contributed by atoms with van der Waals surface area (Å²) in [6.45, 7) is 0. The smallest absolute Gasteiger partial charge is 0.258 e. The molecular formula is C12H3ClF5NO2. The maximum Gasteiger partial charge on any atom is 0.288 e. The molecule has 0 heterocycles. The van der Waals surface area contributed by atoms with E-state index >= 15 is 0 Å². The van der Waals surface area contributed by atoms with Gasteiger partial charge in [0.25, 0.3) is 5.69 Å². The van der Waals surface area contributed by atoms with Gasteiger partial charge in [0, 0.05) is 6.07 Å². The van der Waals surface area contributed by atoms with Crippen molar-refractivity contribution in [1.82, 2.24) is 0 Å². The molecule has 0 radical (unpaired) electrons. The van der Waals surface area contributed by atoms with E-state index in [4.69, 9.17) is 11.6 Å². The number of benzene rings is 2. The van der Waals surface area contributed by atoms with E-state index in [0.29, 0.717) is 6.07 Å². The Bertz CT molecular complexity index is 737. The molecule has 3 nitrogen and oxygen atoms in total. The molecule has 110 valence electrons. The zero-order valence-corrected chi connectivity index (χ0v) is 10.5. The molecule has 0 aromatic heterocycles. The molecule has 0 fully saturated rings. The lowest BCUT2D eigenvalue weighted by Gasteiger charge is -2.08. The van der Waals surface area contributed by atoms with Crippen molar-refractivity contribution in [2.24, 2.45) is 0 Å². The van der Waals surface area contributed by atoms with Gasteiger partial charge in [0.15, 0.2) is 23.3 Å². The Hall–Kier alpha value is -2.22. The van der Waals surface area contributed by atoms with Crippen LogP contribution < -0.4 is 0 Å². The molecule has 0 bridgehead atoms. The van der Waals surface area contributed by atoms with Crippen molar-refractivity contribution in [2.75, 3.05) is 0 Å². The van der Waals surface area contributed by atoms with Gasteiger partial charge in [0.1, 0.15) is 5.02 Å². The van der Waals surface area contributed by atoms with Gasteiger partial charge >= 0.3 is 0 Å². The molecule has 0 aliphatic carbocycles. The highest BCUT2D eigenvalue weighted by Crippen LogP contribution is 2.35. The van der Waals surface area contributed by atoms with Crippen molar-refractivity contribution in [3.05, 3.63) is 62.4 Å². The lowest BCUT2D eigenvalue weighted by molar-refractivity contribution is -0.384. The highest BCUT2D eigenvalue weighted by atomic mass is 35.5. The van der Waals surface area contributed by atoms with Gasteiger partial charge in [-0.15, -0.1) is 0 Å². The van der Waals surface area contributed by atoms with Crippen molar-refractivity contribution < 1.29 is 26.9 Å². The third kappa shape index (κ3) is 2.42. The van der Waals surface area contributed by atoms with E-state index < -0.39 is 50.8 Å². The quantitative estimate of drug-likeness (QED) is 0.266. The Morgan fingerprint density at radius 3 is 1.86 bits per heavy atom. The van der Waals surface area contributed by atoms with Gasteiger partial charge in [-0.2, -0.15) is 0 Å². The lowest BCUT2D eigenvalue weighted by atomic mass is 10.0. The Kier molecular flexibility index (Phi) is 3.82. The monoisotopic (exact) mass is 323 g/mol. The second-order valence-electron chi connectivity index (χ2n) is 3.87. The van der Waals surface area contributed by atoms with Crippen LogP contribution in [-0.4, -0.2) is 4.92 Å². The van der Waals surface area contributed by atoms with Crippen LogP contribution in [0.5, 0.6) is 0 Å². The summed E-state index contributed by atoms with van der Waals surface area (Å²) in [7, 11) is 0. The lowest BCUT2D eigenvalue weighted by Crippen LogP contribution is -2.04. The predicted octanol–water partition coefficient (Wildman–Crippen LogP) is 4.61. The molecule has 0 saturated carbocycles. The number of halogens is 6. The van der Waals surface area contributed by atoms with Gasteiger partial charge in [-0.25, -0.2) is 22.0 Å². The van der Waals surface area contributed by atoms with Crippen LogP contribution in [0.1, 0.15) is 0 Å². The van der Waals surface area contributed by atoms with Gasteiger partial charge < -0.3 is 0 Å². The maximum absolute atomic E-state index is 13.6. The highest BCUT2D eigenvalue weighted by molar-refractivity contribution is 6.32. The molecule has 0 atom stereocenters. The fourth-order valence-electron chi connectivity index (χ4n) is 1.67. The third-order valence-electron chi connectivity index (χ3n) is 2.64. The minimum absolute atomic E-state index is 0.340. The number of hydrogen-bond donors (Lipinski definition) is 0. The summed E-state index contributed by atoms with van der Waals surface area (Å²) < 4.78 is 66.3. The summed E-state index contributed by atoms with van der Waals surface area (Å²) in [5, 5.41) is 10.3. The summed E-state index contributed by atoms with van der Waals surface area (Å²) in [6.07, 6.45) is 0. The first kappa shape index (κ1) is 15.2. The van der Waals surface area contributed by atoms with Gasteiger partial charge in [0.05, 0.1) is 10.5 Å². The third-order valence-corrected chi connectivity index (χ3v) is 2.96. The van der Waals surface area contributed by atoms with Crippen LogP contribution in [0.25, 0.3) is 11.1 Å². The predicted molar refractivity (Wildman–Crippen MR) is 63.3 cm³/mol. The maximum atomic E-state index is 13.6. The topological polar surface area (TPSA) is 43.1 Å². The summed E-state index contributed by atoms with van der Waals surface area (Å²) >= 11 is 5.51. The van der Waals surface area contributed by atoms with Crippen molar-refractivity contribution >= 4 is 17.3 Å². The van der Waals surface area contributed by atoms with Crippen LogP contribution in [0.15, 0.2) is 18.2 Å². The SMILES string of the molecule is O=[N+]([O-])c1cc(-c2c(F)c(F)c(F)c(F)c2F)ccc1Cl. The molecule has 0 N–H and O–H groups in total. The molecule has 0 aliphatic rings. The fraction of sp³-hybridized carbons (Fsp3) is 0. The van der Waals surface area contributed by atoms with Gasteiger partial charge in [0.2, 0.25) is 5.82 Å². The largest absolute Gasteiger partial charge is 0.288 e. The van der Waals surface area contributed by atoms with Gasteiger partial charge in [-0.1, -0.05) is 17.7 Å². The Morgan fingerprint density at radius 2 is 1.38 bits per heavy atom. The van der Waals surface area contributed by atoms with E-state index in [9.17, 15) is 32.1 Å². The summed E-state index contributed by atoms with van der Waals surface area (Å²) in [5.74, 6) is -10.7. The average Bonchev–Trinajstić information content (AvgIpc) is 2.44. The van der Waals surface area contributed by atoms with Crippen LogP contribution in [0.4, 0.5) is 27.6 Å². The number of nitrogens with zero attached hydrogens (tertiary/aromatic N) is 1. The van der Waals surface area contributed by atoms with Crippen LogP contribution in [0.3, 0.4) is 0 Å². The molecule has 9 heteroatoms. The Morgan fingerprint density at radius 1 is 0.905 bits per heavy atom. The molecule has 21 heavy (non-hydrogen) atoms. The van der Waals surface area contributed by atoms with E-state index in [2.05, 4.69) is 0 Å². The summed E-state index contributed by atoms with van der Waals surface area (Å²) in [5.41, 5.74) is -2.54. The zero-order chi connectivity index (χ0) is 15.9. The van der Waals surface area contributed by atoms with Gasteiger partial charge in [-0.05, 0) is 11.6 Å². The molecule has 0 amide bonds. The molecular weight excluding hydrogens is 321 g/mol. The van der Waals surface area contributed by atoms with E-state index in [-0.39, 0.29) is 5.02 Å². The minimum atomic E-state index is -2.31. The molecule has 2 rings (SSSR count). The fourth-order valence-corrected chi connectivity index (χ4v) is 1.85. The normalized spacial score (nSPS) is 10.8. The van der Waals surface area contributed by atoms with Crippen LogP contribution >= 0.6 is 11.6 Å². The first-order valence-corrected chi connectivity index (χ1v) is 5.59. The second-order valence-corrected chi connectivity index (χ2v) is 4.28. The van der Waals surface area contributed by atoms with Crippen molar-refractivity contribution in [3.63, 3.8) is 0 Å². The second kappa shape index (κ2) is 5.28. The van der Waals surface area contributed by atoms with E-state index in [1.807, 2.05) is 0 Å². The number of hydrogen-bond acceptors (Lipinski definition) is 2. The average molecular weight is 324 g/mol. The summed E-state index contributed by atoms with van der Waals surface area (Å²) in [4.78, 5) is 9.74. The Labute approximate surface area is 118 Å². The number of nitro groups is 1. The van der Waals surface area contributed by atoms with Crippen LogP contribution in [0.2, 0.25) is 5.02 Å². The molecule has 2 aromatic carbocycles. The van der Waals surface area contributed by atoms with Crippen LogP contribution in [0, 0.1) is 39.2 Å². The van der Waals surface area contributed by atoms with E-state index in [0.717, 1.165) is 12.1 Å². The number of nitro benzene ring substituents is 1. The minimum Gasteiger partial charge on any atom is -0.258 e. The van der Waals surface area contributed by atoms with E-state index in [1.165, 1.54) is 0 Å². The highest BCUT2D eigenvalue weighted by Gasteiger charge is 2.27. The molecule has 0 unspecified atom stereocenters. The van der Waals surface area contributed by atoms with Gasteiger partial charge in [-0.3, -0.25) is 10.1 Å². The standard InChI is InChI=1S/C12H3ClF5NO2/c13-5-2-1-4(3-6(5)19(20)21)7-8(14)10(16)12(18)11(17)9(7)15/h1-3H. The van der Waals surface area contributed by atoms with Crippen molar-refractivity contribution in [1.29, 1.82) is 0 Å². The first-order chi connectivity index (χ1) is 9.75. The molecule has 0 saturated heterocycles. The van der Waals surface area contributed by atoms with Crippen molar-refractivity contribution in [2.45, 2.75) is 0 Å². The van der Waals surface area contributed by atoms with Crippen LogP contribution in [-0.2, 0) is 0 Å². The van der Waals surface area contributed by atoms with E-state index in [1.54, 1.807) is 0 Å². The number of rotatable bonds is 2. The van der Waals surface area contributed by atoms with Crippen molar-refractivity contribution in [3.8, 4) is 11.1 Å². The molecule has 0 spiro atoms. The first-order valence-electron chi connectivity index (χ1n) is 5.21. The Balaban J connectivity index is 2.80. The summed E-state index contributed by atoms with van der Waals surface area (Å²) in [6, 6.07) is 2.46. The zero-order valence-electron chi connectivity index (χ0n) is 9.76.